The van der Waals surface area contributed by atoms with Gasteiger partial charge in [0, 0.05) is 23.8 Å². The fourth-order valence-electron chi connectivity index (χ4n) is 2.78. The first-order chi connectivity index (χ1) is 10.9. The van der Waals surface area contributed by atoms with Crippen LogP contribution in [0.5, 0.6) is 0 Å². The highest BCUT2D eigenvalue weighted by atomic mass is 32.1. The molecule has 0 radical (unpaired) electrons. The maximum Gasteiger partial charge on any atom is 0.267 e. The zero-order valence-corrected chi connectivity index (χ0v) is 12.7. The predicted molar refractivity (Wildman–Crippen MR) is 82.0 cm³/mol. The Hall–Kier alpha value is -2.12. The molecule has 1 aliphatic rings. The minimum Gasteiger partial charge on any atom is -0.417 e. The molecule has 0 saturated carbocycles. The summed E-state index contributed by atoms with van der Waals surface area (Å²) in [7, 11) is 0. The molecule has 112 valence electrons. The van der Waals surface area contributed by atoms with Gasteiger partial charge in [-0.05, 0) is 30.8 Å². The molecule has 4 rings (SSSR count). The van der Waals surface area contributed by atoms with E-state index < -0.39 is 0 Å². The smallest absolute Gasteiger partial charge is 0.267 e. The van der Waals surface area contributed by atoms with Crippen LogP contribution in [0, 0.1) is 0 Å². The van der Waals surface area contributed by atoms with Gasteiger partial charge in [0.2, 0.25) is 5.89 Å². The highest BCUT2D eigenvalue weighted by Gasteiger charge is 2.30. The monoisotopic (exact) mass is 313 g/mol. The predicted octanol–water partition coefficient (Wildman–Crippen LogP) is 2.93. The molecule has 1 fully saturated rings. The first kappa shape index (κ1) is 13.5. The van der Waals surface area contributed by atoms with E-state index in [1.165, 1.54) is 4.88 Å². The number of aromatic nitrogens is 4. The molecule has 4 heterocycles. The topological polar surface area (TPSA) is 67.9 Å². The van der Waals surface area contributed by atoms with Crippen LogP contribution in [-0.2, 0) is 6.54 Å². The summed E-state index contributed by atoms with van der Waals surface area (Å²) in [6, 6.07) is 4.45. The summed E-state index contributed by atoms with van der Waals surface area (Å²) >= 11 is 1.78. The molecule has 1 saturated heterocycles. The summed E-state index contributed by atoms with van der Waals surface area (Å²) in [5.74, 6) is 1.11. The van der Waals surface area contributed by atoms with Gasteiger partial charge in [0.05, 0.1) is 12.2 Å². The summed E-state index contributed by atoms with van der Waals surface area (Å²) < 4.78 is 5.84. The van der Waals surface area contributed by atoms with Crippen molar-refractivity contribution < 1.29 is 4.42 Å². The Kier molecular flexibility index (Phi) is 3.65. The van der Waals surface area contributed by atoms with Crippen LogP contribution < -0.4 is 0 Å². The molecule has 0 N–H and O–H groups in total. The van der Waals surface area contributed by atoms with Gasteiger partial charge in [-0.1, -0.05) is 6.07 Å². The van der Waals surface area contributed by atoms with Crippen molar-refractivity contribution in [1.82, 2.24) is 25.1 Å². The van der Waals surface area contributed by atoms with Crippen molar-refractivity contribution in [3.8, 4) is 11.6 Å². The van der Waals surface area contributed by atoms with Gasteiger partial charge in [0.1, 0.15) is 5.69 Å². The van der Waals surface area contributed by atoms with Crippen molar-refractivity contribution >= 4 is 11.3 Å². The summed E-state index contributed by atoms with van der Waals surface area (Å²) in [6.07, 6.45) is 7.08. The lowest BCUT2D eigenvalue weighted by Crippen LogP contribution is -2.22. The van der Waals surface area contributed by atoms with Crippen molar-refractivity contribution in [3.63, 3.8) is 0 Å². The molecule has 0 aromatic carbocycles. The van der Waals surface area contributed by atoms with Gasteiger partial charge in [0.15, 0.2) is 0 Å². The molecule has 6 nitrogen and oxygen atoms in total. The molecular formula is C15H15N5OS. The first-order valence-electron chi connectivity index (χ1n) is 7.26. The average Bonchev–Trinajstić information content (AvgIpc) is 3.30. The summed E-state index contributed by atoms with van der Waals surface area (Å²) in [6.45, 7) is 2.00. The van der Waals surface area contributed by atoms with Gasteiger partial charge < -0.3 is 4.42 Å². The van der Waals surface area contributed by atoms with Crippen LogP contribution in [0.4, 0.5) is 0 Å². The van der Waals surface area contributed by atoms with E-state index in [9.17, 15) is 0 Å². The Morgan fingerprint density at radius 2 is 2.32 bits per heavy atom. The fourth-order valence-corrected chi connectivity index (χ4v) is 3.51. The van der Waals surface area contributed by atoms with Crippen molar-refractivity contribution in [2.24, 2.45) is 0 Å². The standard InChI is InChI=1S/C15H15N5OS/c1-4-13(20(7-1)10-11-3-2-8-22-11)15-19-18-14(21-15)12-9-16-5-6-17-12/h2-3,5-6,8-9,13H,1,4,7,10H2/t13-/m0/s1. The SMILES string of the molecule is c1csc(CN2CCC[C@H]2c2nnc(-c3cnccn3)o2)c1. The second kappa shape index (κ2) is 5.94. The largest absolute Gasteiger partial charge is 0.417 e. The van der Waals surface area contributed by atoms with Gasteiger partial charge in [0.25, 0.3) is 5.89 Å². The Bertz CT molecular complexity index is 727. The van der Waals surface area contributed by atoms with Gasteiger partial charge >= 0.3 is 0 Å². The quantitative estimate of drug-likeness (QED) is 0.737. The van der Waals surface area contributed by atoms with E-state index >= 15 is 0 Å². The minimum atomic E-state index is 0.194. The highest BCUT2D eigenvalue weighted by Crippen LogP contribution is 2.33. The number of rotatable bonds is 4. The lowest BCUT2D eigenvalue weighted by atomic mass is 10.2. The summed E-state index contributed by atoms with van der Waals surface area (Å²) in [5.41, 5.74) is 0.615. The van der Waals surface area contributed by atoms with Crippen LogP contribution in [0.2, 0.25) is 0 Å². The molecule has 3 aromatic heterocycles. The fraction of sp³-hybridized carbons (Fsp3) is 0.333. The molecule has 1 atom stereocenters. The van der Waals surface area contributed by atoms with Crippen LogP contribution in [0.25, 0.3) is 11.6 Å². The summed E-state index contributed by atoms with van der Waals surface area (Å²) in [4.78, 5) is 12.0. The van der Waals surface area contributed by atoms with Crippen molar-refractivity contribution in [3.05, 3.63) is 46.9 Å². The third-order valence-corrected chi connectivity index (χ3v) is 4.67. The highest BCUT2D eigenvalue weighted by molar-refractivity contribution is 7.09. The maximum atomic E-state index is 5.84. The number of hydrogen-bond acceptors (Lipinski definition) is 7. The lowest BCUT2D eigenvalue weighted by Gasteiger charge is -2.20. The molecule has 0 unspecified atom stereocenters. The summed E-state index contributed by atoms with van der Waals surface area (Å²) in [5, 5.41) is 10.5. The van der Waals surface area contributed by atoms with Crippen LogP contribution >= 0.6 is 11.3 Å². The molecule has 3 aromatic rings. The van der Waals surface area contributed by atoms with Crippen LogP contribution in [-0.4, -0.2) is 31.6 Å². The Morgan fingerprint density at radius 1 is 1.32 bits per heavy atom. The van der Waals surface area contributed by atoms with E-state index in [0.717, 1.165) is 25.9 Å². The van der Waals surface area contributed by atoms with E-state index in [1.807, 2.05) is 0 Å². The zero-order valence-electron chi connectivity index (χ0n) is 11.9. The molecule has 7 heteroatoms. The minimum absolute atomic E-state index is 0.194. The molecule has 0 bridgehead atoms. The van der Waals surface area contributed by atoms with Gasteiger partial charge in [-0.25, -0.2) is 4.98 Å². The van der Waals surface area contributed by atoms with Crippen LogP contribution in [0.3, 0.4) is 0 Å². The molecule has 1 aliphatic heterocycles. The van der Waals surface area contributed by atoms with E-state index in [2.05, 4.69) is 42.6 Å². The van der Waals surface area contributed by atoms with Crippen molar-refractivity contribution in [2.75, 3.05) is 6.54 Å². The van der Waals surface area contributed by atoms with E-state index in [1.54, 1.807) is 29.9 Å². The van der Waals surface area contributed by atoms with Crippen LogP contribution in [0.1, 0.15) is 29.7 Å². The number of likely N-dealkylation sites (tertiary alicyclic amines) is 1. The van der Waals surface area contributed by atoms with Gasteiger partial charge in [-0.3, -0.25) is 9.88 Å². The third-order valence-electron chi connectivity index (χ3n) is 3.81. The second-order valence-corrected chi connectivity index (χ2v) is 6.28. The zero-order chi connectivity index (χ0) is 14.8. The Balaban J connectivity index is 1.55. The van der Waals surface area contributed by atoms with Crippen LogP contribution in [0.15, 0.2) is 40.5 Å². The normalized spacial score (nSPS) is 18.8. The third kappa shape index (κ3) is 2.65. The first-order valence-corrected chi connectivity index (χ1v) is 8.14. The number of thiophene rings is 1. The molecule has 22 heavy (non-hydrogen) atoms. The molecule has 0 aliphatic carbocycles. The molecular weight excluding hydrogens is 298 g/mol. The van der Waals surface area contributed by atoms with Gasteiger partial charge in [-0.2, -0.15) is 0 Å². The van der Waals surface area contributed by atoms with Gasteiger partial charge in [-0.15, -0.1) is 21.5 Å². The average molecular weight is 313 g/mol. The van der Waals surface area contributed by atoms with E-state index in [4.69, 9.17) is 4.42 Å². The second-order valence-electron chi connectivity index (χ2n) is 5.24. The van der Waals surface area contributed by atoms with E-state index in [-0.39, 0.29) is 6.04 Å². The lowest BCUT2D eigenvalue weighted by molar-refractivity contribution is 0.217. The maximum absolute atomic E-state index is 5.84. The molecule has 0 amide bonds. The Morgan fingerprint density at radius 3 is 3.14 bits per heavy atom. The van der Waals surface area contributed by atoms with E-state index in [0.29, 0.717) is 17.5 Å². The number of nitrogens with zero attached hydrogens (tertiary/aromatic N) is 5. The molecule has 0 spiro atoms. The van der Waals surface area contributed by atoms with Crippen molar-refractivity contribution in [2.45, 2.75) is 25.4 Å². The Labute approximate surface area is 131 Å². The van der Waals surface area contributed by atoms with Crippen molar-refractivity contribution in [1.29, 1.82) is 0 Å². The number of hydrogen-bond donors (Lipinski definition) is 0.